The highest BCUT2D eigenvalue weighted by Crippen LogP contribution is 2.19. The maximum absolute atomic E-state index is 12.6. The summed E-state index contributed by atoms with van der Waals surface area (Å²) in [6, 6.07) is 3.74. The number of rotatable bonds is 6. The van der Waals surface area contributed by atoms with Crippen molar-refractivity contribution in [3.63, 3.8) is 0 Å². The molecule has 0 aromatic carbocycles. The third-order valence-corrected chi connectivity index (χ3v) is 3.19. The average molecular weight is 277 g/mol. The molecule has 112 valence electrons. The summed E-state index contributed by atoms with van der Waals surface area (Å²) in [4.78, 5) is 19.0. The molecule has 0 unspecified atom stereocenters. The SMILES string of the molecule is CCN(CC(C)C)C(=O)c1cc(NC)nc(C(C)C)c1. The predicted octanol–water partition coefficient (Wildman–Crippen LogP) is 3.36. The molecule has 4 heteroatoms. The van der Waals surface area contributed by atoms with Gasteiger partial charge in [-0.1, -0.05) is 27.7 Å². The number of pyridine rings is 1. The minimum absolute atomic E-state index is 0.0852. The lowest BCUT2D eigenvalue weighted by Crippen LogP contribution is -2.34. The molecule has 0 aliphatic rings. The van der Waals surface area contributed by atoms with Gasteiger partial charge in [0, 0.05) is 31.4 Å². The minimum atomic E-state index is 0.0852. The molecule has 0 fully saturated rings. The zero-order valence-corrected chi connectivity index (χ0v) is 13.5. The van der Waals surface area contributed by atoms with Crippen LogP contribution in [-0.4, -0.2) is 35.9 Å². The smallest absolute Gasteiger partial charge is 0.254 e. The maximum atomic E-state index is 12.6. The van der Waals surface area contributed by atoms with E-state index in [0.29, 0.717) is 11.8 Å². The van der Waals surface area contributed by atoms with Crippen LogP contribution in [0.2, 0.25) is 0 Å². The van der Waals surface area contributed by atoms with E-state index < -0.39 is 0 Å². The average Bonchev–Trinajstić information content (AvgIpc) is 2.43. The lowest BCUT2D eigenvalue weighted by molar-refractivity contribution is 0.0745. The van der Waals surface area contributed by atoms with E-state index in [1.165, 1.54) is 0 Å². The van der Waals surface area contributed by atoms with Crippen LogP contribution in [0.25, 0.3) is 0 Å². The van der Waals surface area contributed by atoms with Crippen LogP contribution in [0.4, 0.5) is 5.82 Å². The second-order valence-electron chi connectivity index (χ2n) is 5.81. The number of carbonyl (C=O) groups is 1. The molecule has 0 aliphatic heterocycles. The number of hydrogen-bond donors (Lipinski definition) is 1. The number of carbonyl (C=O) groups excluding carboxylic acids is 1. The van der Waals surface area contributed by atoms with Gasteiger partial charge >= 0.3 is 0 Å². The zero-order valence-electron chi connectivity index (χ0n) is 13.5. The summed E-state index contributed by atoms with van der Waals surface area (Å²) >= 11 is 0. The Morgan fingerprint density at radius 1 is 1.30 bits per heavy atom. The van der Waals surface area contributed by atoms with Gasteiger partial charge in [0.25, 0.3) is 5.91 Å². The Hall–Kier alpha value is -1.58. The first-order chi connectivity index (χ1) is 9.38. The lowest BCUT2D eigenvalue weighted by atomic mass is 10.1. The van der Waals surface area contributed by atoms with Crippen molar-refractivity contribution in [1.82, 2.24) is 9.88 Å². The molecule has 0 spiro atoms. The molecular formula is C16H27N3O. The minimum Gasteiger partial charge on any atom is -0.373 e. The molecule has 1 aromatic heterocycles. The van der Waals surface area contributed by atoms with Crippen molar-refractivity contribution in [2.24, 2.45) is 5.92 Å². The Morgan fingerprint density at radius 2 is 1.95 bits per heavy atom. The number of hydrogen-bond acceptors (Lipinski definition) is 3. The fourth-order valence-corrected chi connectivity index (χ4v) is 2.08. The van der Waals surface area contributed by atoms with E-state index in [2.05, 4.69) is 38.0 Å². The topological polar surface area (TPSA) is 45.2 Å². The standard InChI is InChI=1S/C16H27N3O/c1-7-19(10-11(2)3)16(20)13-8-14(12(4)5)18-15(9-13)17-6/h8-9,11-12H,7,10H2,1-6H3,(H,17,18). The van der Waals surface area contributed by atoms with E-state index >= 15 is 0 Å². The highest BCUT2D eigenvalue weighted by Gasteiger charge is 2.17. The highest BCUT2D eigenvalue weighted by atomic mass is 16.2. The van der Waals surface area contributed by atoms with E-state index in [1.54, 1.807) is 0 Å². The van der Waals surface area contributed by atoms with Gasteiger partial charge in [-0.25, -0.2) is 4.98 Å². The quantitative estimate of drug-likeness (QED) is 0.867. The van der Waals surface area contributed by atoms with Crippen molar-refractivity contribution in [3.05, 3.63) is 23.4 Å². The summed E-state index contributed by atoms with van der Waals surface area (Å²) in [5.74, 6) is 1.60. The lowest BCUT2D eigenvalue weighted by Gasteiger charge is -2.23. The van der Waals surface area contributed by atoms with E-state index in [9.17, 15) is 4.79 Å². The van der Waals surface area contributed by atoms with Crippen LogP contribution in [0.15, 0.2) is 12.1 Å². The molecule has 0 aliphatic carbocycles. The van der Waals surface area contributed by atoms with Gasteiger partial charge < -0.3 is 10.2 Å². The van der Waals surface area contributed by atoms with Crippen LogP contribution in [0.3, 0.4) is 0 Å². The van der Waals surface area contributed by atoms with Gasteiger partial charge in [0.15, 0.2) is 0 Å². The van der Waals surface area contributed by atoms with Crippen LogP contribution >= 0.6 is 0 Å². The van der Waals surface area contributed by atoms with Crippen molar-refractivity contribution in [2.45, 2.75) is 40.5 Å². The van der Waals surface area contributed by atoms with E-state index in [4.69, 9.17) is 0 Å². The Kier molecular flexibility index (Phi) is 5.99. The van der Waals surface area contributed by atoms with Crippen molar-refractivity contribution in [2.75, 3.05) is 25.5 Å². The normalized spacial score (nSPS) is 11.0. The summed E-state index contributed by atoms with van der Waals surface area (Å²) < 4.78 is 0. The first-order valence-electron chi connectivity index (χ1n) is 7.38. The van der Waals surface area contributed by atoms with Crippen molar-refractivity contribution < 1.29 is 4.79 Å². The first-order valence-corrected chi connectivity index (χ1v) is 7.38. The van der Waals surface area contributed by atoms with E-state index in [1.807, 2.05) is 31.0 Å². The molecule has 0 radical (unpaired) electrons. The number of amides is 1. The van der Waals surface area contributed by atoms with Gasteiger partial charge in [-0.15, -0.1) is 0 Å². The summed E-state index contributed by atoms with van der Waals surface area (Å²) in [6.07, 6.45) is 0. The summed E-state index contributed by atoms with van der Waals surface area (Å²) in [6.45, 7) is 11.9. The Labute approximate surface area is 122 Å². The molecule has 0 saturated heterocycles. The molecule has 1 N–H and O–H groups in total. The number of nitrogens with zero attached hydrogens (tertiary/aromatic N) is 2. The summed E-state index contributed by atoms with van der Waals surface area (Å²) in [5.41, 5.74) is 1.66. The van der Waals surface area contributed by atoms with Crippen LogP contribution in [0.5, 0.6) is 0 Å². The molecule has 1 heterocycles. The summed E-state index contributed by atoms with van der Waals surface area (Å²) in [5, 5.41) is 3.03. The van der Waals surface area contributed by atoms with Crippen LogP contribution in [-0.2, 0) is 0 Å². The fourth-order valence-electron chi connectivity index (χ4n) is 2.08. The van der Waals surface area contributed by atoms with E-state index in [0.717, 1.165) is 30.2 Å². The highest BCUT2D eigenvalue weighted by molar-refractivity contribution is 5.95. The number of nitrogens with one attached hydrogen (secondary N) is 1. The Balaban J connectivity index is 3.10. The zero-order chi connectivity index (χ0) is 15.3. The summed E-state index contributed by atoms with van der Waals surface area (Å²) in [7, 11) is 1.83. The van der Waals surface area contributed by atoms with Gasteiger partial charge in [-0.2, -0.15) is 0 Å². The van der Waals surface area contributed by atoms with Crippen LogP contribution in [0, 0.1) is 5.92 Å². The van der Waals surface area contributed by atoms with Crippen molar-refractivity contribution in [1.29, 1.82) is 0 Å². The molecule has 0 bridgehead atoms. The molecule has 1 rings (SSSR count). The van der Waals surface area contributed by atoms with Crippen molar-refractivity contribution >= 4 is 11.7 Å². The maximum Gasteiger partial charge on any atom is 0.254 e. The van der Waals surface area contributed by atoms with Gasteiger partial charge in [0.05, 0.1) is 0 Å². The molecule has 4 nitrogen and oxygen atoms in total. The predicted molar refractivity (Wildman–Crippen MR) is 84.3 cm³/mol. The first kappa shape index (κ1) is 16.5. The molecule has 0 saturated carbocycles. The second kappa shape index (κ2) is 7.27. The molecule has 20 heavy (non-hydrogen) atoms. The third kappa shape index (κ3) is 4.22. The van der Waals surface area contributed by atoms with Crippen molar-refractivity contribution in [3.8, 4) is 0 Å². The second-order valence-corrected chi connectivity index (χ2v) is 5.81. The number of aromatic nitrogens is 1. The van der Waals surface area contributed by atoms with E-state index in [-0.39, 0.29) is 5.91 Å². The number of anilines is 1. The monoisotopic (exact) mass is 277 g/mol. The van der Waals surface area contributed by atoms with Crippen LogP contribution < -0.4 is 5.32 Å². The largest absolute Gasteiger partial charge is 0.373 e. The Morgan fingerprint density at radius 3 is 2.40 bits per heavy atom. The fraction of sp³-hybridized carbons (Fsp3) is 0.625. The molecular weight excluding hydrogens is 250 g/mol. The Bertz CT molecular complexity index is 455. The van der Waals surface area contributed by atoms with Gasteiger partial charge in [0.1, 0.15) is 5.82 Å². The molecule has 1 aromatic rings. The van der Waals surface area contributed by atoms with Gasteiger partial charge in [-0.05, 0) is 30.9 Å². The molecule has 1 amide bonds. The third-order valence-electron chi connectivity index (χ3n) is 3.19. The van der Waals surface area contributed by atoms with Crippen LogP contribution in [0.1, 0.15) is 56.6 Å². The van der Waals surface area contributed by atoms with Gasteiger partial charge in [0.2, 0.25) is 0 Å². The molecule has 0 atom stereocenters. The van der Waals surface area contributed by atoms with Gasteiger partial charge in [-0.3, -0.25) is 4.79 Å².